The molecule has 0 spiro atoms. The van der Waals surface area contributed by atoms with Crippen LogP contribution in [0.25, 0.3) is 0 Å². The fraction of sp³-hybridized carbons (Fsp3) is 0.250. The average molecular weight is 197 g/mol. The third-order valence-corrected chi connectivity index (χ3v) is 2.55. The van der Waals surface area contributed by atoms with E-state index < -0.39 is 0 Å². The molecule has 13 heavy (non-hydrogen) atoms. The van der Waals surface area contributed by atoms with E-state index in [1.54, 1.807) is 6.20 Å². The first-order chi connectivity index (χ1) is 6.24. The predicted molar refractivity (Wildman–Crippen MR) is 53.0 cm³/mol. The third kappa shape index (κ3) is 2.95. The number of hydrogen-bond donors (Lipinski definition) is 2. The highest BCUT2D eigenvalue weighted by molar-refractivity contribution is 8.00. The van der Waals surface area contributed by atoms with E-state index in [9.17, 15) is 0 Å². The number of aromatic nitrogens is 1. The number of thioether (sulfide) groups is 1. The molecule has 0 radical (unpaired) electrons. The fourth-order valence-corrected chi connectivity index (χ4v) is 1.55. The molecule has 1 aromatic heterocycles. The minimum atomic E-state index is -0.0695. The molecule has 1 unspecified atom stereocenters. The number of rotatable bonds is 3. The van der Waals surface area contributed by atoms with Crippen LogP contribution in [0.1, 0.15) is 6.92 Å². The van der Waals surface area contributed by atoms with Crippen molar-refractivity contribution in [3.8, 4) is 0 Å². The second-order valence-electron chi connectivity index (χ2n) is 2.45. The first-order valence-corrected chi connectivity index (χ1v) is 4.67. The zero-order valence-corrected chi connectivity index (χ0v) is 8.03. The Morgan fingerprint density at radius 3 is 3.00 bits per heavy atom. The lowest BCUT2D eigenvalue weighted by molar-refractivity contribution is 0.317. The summed E-state index contributed by atoms with van der Waals surface area (Å²) in [5.41, 5.74) is 5.42. The Labute approximate surface area is 80.9 Å². The molecular formula is C8H11N3OS. The van der Waals surface area contributed by atoms with Crippen LogP contribution in [0.4, 0.5) is 0 Å². The van der Waals surface area contributed by atoms with Gasteiger partial charge in [-0.2, -0.15) is 0 Å². The summed E-state index contributed by atoms with van der Waals surface area (Å²) < 4.78 is 0. The van der Waals surface area contributed by atoms with Gasteiger partial charge in [0.2, 0.25) is 0 Å². The standard InChI is InChI=1S/C8H11N3OS/c1-6(8(9)11-12)13-7-4-2-3-5-10-7/h2-6,12H,1H3,(H2,9,11). The Morgan fingerprint density at radius 2 is 2.46 bits per heavy atom. The minimum Gasteiger partial charge on any atom is -0.409 e. The molecule has 4 nitrogen and oxygen atoms in total. The molecule has 5 heteroatoms. The van der Waals surface area contributed by atoms with Gasteiger partial charge < -0.3 is 10.9 Å². The Hall–Kier alpha value is -1.23. The lowest BCUT2D eigenvalue weighted by atomic mass is 10.4. The molecule has 1 atom stereocenters. The van der Waals surface area contributed by atoms with Crippen LogP contribution in [-0.4, -0.2) is 21.3 Å². The highest BCUT2D eigenvalue weighted by Gasteiger charge is 2.09. The average Bonchev–Trinajstić information content (AvgIpc) is 2.18. The SMILES string of the molecule is CC(Sc1ccccn1)C(N)=NO. The Bertz CT molecular complexity index is 289. The Balaban J connectivity index is 2.60. The van der Waals surface area contributed by atoms with Gasteiger partial charge in [-0.3, -0.25) is 0 Å². The molecule has 3 N–H and O–H groups in total. The second-order valence-corrected chi connectivity index (χ2v) is 3.81. The van der Waals surface area contributed by atoms with Gasteiger partial charge in [-0.25, -0.2) is 4.98 Å². The predicted octanol–water partition coefficient (Wildman–Crippen LogP) is 1.31. The van der Waals surface area contributed by atoms with Gasteiger partial charge >= 0.3 is 0 Å². The summed E-state index contributed by atoms with van der Waals surface area (Å²) >= 11 is 1.45. The maximum atomic E-state index is 8.41. The van der Waals surface area contributed by atoms with E-state index in [4.69, 9.17) is 10.9 Å². The number of nitrogens with zero attached hydrogens (tertiary/aromatic N) is 2. The van der Waals surface area contributed by atoms with E-state index >= 15 is 0 Å². The zero-order chi connectivity index (χ0) is 9.68. The quantitative estimate of drug-likeness (QED) is 0.252. The highest BCUT2D eigenvalue weighted by Crippen LogP contribution is 2.19. The van der Waals surface area contributed by atoms with Gasteiger partial charge in [0, 0.05) is 6.20 Å². The molecule has 0 saturated carbocycles. The van der Waals surface area contributed by atoms with Crippen molar-refractivity contribution in [1.29, 1.82) is 0 Å². The van der Waals surface area contributed by atoms with Crippen LogP contribution in [-0.2, 0) is 0 Å². The fourth-order valence-electron chi connectivity index (χ4n) is 0.740. The molecule has 0 amide bonds. The number of hydrogen-bond acceptors (Lipinski definition) is 4. The summed E-state index contributed by atoms with van der Waals surface area (Å²) in [7, 11) is 0. The molecule has 0 aromatic carbocycles. The number of nitrogens with two attached hydrogens (primary N) is 1. The van der Waals surface area contributed by atoms with Crippen molar-refractivity contribution in [2.75, 3.05) is 0 Å². The molecule has 0 aliphatic rings. The molecule has 70 valence electrons. The van der Waals surface area contributed by atoms with Crippen LogP contribution in [0.15, 0.2) is 34.6 Å². The third-order valence-electron chi connectivity index (χ3n) is 1.47. The molecule has 1 aromatic rings. The second kappa shape index (κ2) is 4.71. The summed E-state index contributed by atoms with van der Waals surface area (Å²) in [6, 6.07) is 5.62. The van der Waals surface area contributed by atoms with Gasteiger partial charge in [0.05, 0.1) is 10.3 Å². The smallest absolute Gasteiger partial charge is 0.152 e. The van der Waals surface area contributed by atoms with Crippen molar-refractivity contribution in [2.45, 2.75) is 17.2 Å². The maximum Gasteiger partial charge on any atom is 0.152 e. The number of oxime groups is 1. The Kier molecular flexibility index (Phi) is 3.57. The monoisotopic (exact) mass is 197 g/mol. The van der Waals surface area contributed by atoms with Crippen molar-refractivity contribution in [3.05, 3.63) is 24.4 Å². The van der Waals surface area contributed by atoms with Gasteiger partial charge in [-0.05, 0) is 19.1 Å². The lowest BCUT2D eigenvalue weighted by Crippen LogP contribution is -2.23. The molecule has 0 fully saturated rings. The van der Waals surface area contributed by atoms with E-state index in [1.807, 2.05) is 25.1 Å². The van der Waals surface area contributed by atoms with Crippen LogP contribution in [0.5, 0.6) is 0 Å². The van der Waals surface area contributed by atoms with Crippen LogP contribution < -0.4 is 5.73 Å². The van der Waals surface area contributed by atoms with Crippen LogP contribution in [0.2, 0.25) is 0 Å². The number of amidine groups is 1. The van der Waals surface area contributed by atoms with Crippen LogP contribution >= 0.6 is 11.8 Å². The first-order valence-electron chi connectivity index (χ1n) is 3.79. The topological polar surface area (TPSA) is 71.5 Å². The van der Waals surface area contributed by atoms with Crippen LogP contribution in [0.3, 0.4) is 0 Å². The van der Waals surface area contributed by atoms with Crippen molar-refractivity contribution < 1.29 is 5.21 Å². The summed E-state index contributed by atoms with van der Waals surface area (Å²) in [6.07, 6.45) is 1.71. The molecule has 0 bridgehead atoms. The lowest BCUT2D eigenvalue weighted by Gasteiger charge is -2.07. The summed E-state index contributed by atoms with van der Waals surface area (Å²) in [5.74, 6) is 0.204. The van der Waals surface area contributed by atoms with E-state index in [-0.39, 0.29) is 11.1 Å². The van der Waals surface area contributed by atoms with E-state index in [1.165, 1.54) is 11.8 Å². The molecule has 1 rings (SSSR count). The van der Waals surface area contributed by atoms with Gasteiger partial charge in [-0.1, -0.05) is 23.0 Å². The first kappa shape index (κ1) is 9.85. The van der Waals surface area contributed by atoms with Gasteiger partial charge in [-0.15, -0.1) is 0 Å². The normalized spacial score (nSPS) is 14.1. The summed E-state index contributed by atoms with van der Waals surface area (Å²) in [4.78, 5) is 4.11. The molecule has 0 aliphatic heterocycles. The molecule has 1 heterocycles. The number of pyridine rings is 1. The molecular weight excluding hydrogens is 186 g/mol. The van der Waals surface area contributed by atoms with Crippen molar-refractivity contribution in [3.63, 3.8) is 0 Å². The zero-order valence-electron chi connectivity index (χ0n) is 7.21. The highest BCUT2D eigenvalue weighted by atomic mass is 32.2. The summed E-state index contributed by atoms with van der Waals surface area (Å²) in [5, 5.41) is 12.1. The maximum absolute atomic E-state index is 8.41. The van der Waals surface area contributed by atoms with Gasteiger partial charge in [0.15, 0.2) is 5.84 Å². The minimum absolute atomic E-state index is 0.0695. The van der Waals surface area contributed by atoms with Gasteiger partial charge in [0.25, 0.3) is 0 Å². The largest absolute Gasteiger partial charge is 0.409 e. The van der Waals surface area contributed by atoms with Gasteiger partial charge in [0.1, 0.15) is 0 Å². The van der Waals surface area contributed by atoms with Crippen molar-refractivity contribution in [1.82, 2.24) is 4.98 Å². The molecule has 0 aliphatic carbocycles. The molecule has 0 saturated heterocycles. The Morgan fingerprint density at radius 1 is 1.69 bits per heavy atom. The van der Waals surface area contributed by atoms with Crippen molar-refractivity contribution >= 4 is 17.6 Å². The van der Waals surface area contributed by atoms with Crippen LogP contribution in [0, 0.1) is 0 Å². The summed E-state index contributed by atoms with van der Waals surface area (Å²) in [6.45, 7) is 1.86. The van der Waals surface area contributed by atoms with E-state index in [0.717, 1.165) is 5.03 Å². The van der Waals surface area contributed by atoms with E-state index in [0.29, 0.717) is 0 Å². The van der Waals surface area contributed by atoms with Crippen molar-refractivity contribution in [2.24, 2.45) is 10.9 Å². The van der Waals surface area contributed by atoms with E-state index in [2.05, 4.69) is 10.1 Å².